The van der Waals surface area contributed by atoms with Crippen LogP contribution in [0, 0.1) is 0 Å². The third kappa shape index (κ3) is 4.19. The molecule has 0 N–H and O–H groups in total. The molecular formula is C12H18NO+. The molecule has 2 heteroatoms. The third-order valence-corrected chi connectivity index (χ3v) is 1.89. The molecular weight excluding hydrogens is 174 g/mol. The van der Waals surface area contributed by atoms with Gasteiger partial charge in [0.15, 0.2) is 5.78 Å². The second kappa shape index (κ2) is 4.38. The van der Waals surface area contributed by atoms with Gasteiger partial charge in [0, 0.05) is 6.42 Å². The minimum Gasteiger partial charge on any atom is -0.325 e. The average molecular weight is 192 g/mol. The first-order valence-corrected chi connectivity index (χ1v) is 4.83. The first kappa shape index (κ1) is 10.9. The Morgan fingerprint density at radius 1 is 1.14 bits per heavy atom. The third-order valence-electron chi connectivity index (χ3n) is 1.89. The molecule has 76 valence electrons. The summed E-state index contributed by atoms with van der Waals surface area (Å²) >= 11 is 0. The van der Waals surface area contributed by atoms with Crippen molar-refractivity contribution in [2.75, 3.05) is 27.7 Å². The molecule has 0 aliphatic heterocycles. The molecule has 14 heavy (non-hydrogen) atoms. The largest absolute Gasteiger partial charge is 0.325 e. The molecule has 0 saturated carbocycles. The maximum absolute atomic E-state index is 11.6. The second-order valence-electron chi connectivity index (χ2n) is 4.65. The number of likely N-dealkylation sites (N-methyl/N-ethyl adjacent to an activating group) is 1. The number of rotatable bonds is 4. The van der Waals surface area contributed by atoms with Crippen LogP contribution in [-0.4, -0.2) is 38.0 Å². The van der Waals surface area contributed by atoms with Gasteiger partial charge in [0.05, 0.1) is 21.1 Å². The molecule has 1 aromatic carbocycles. The molecule has 2 nitrogen and oxygen atoms in total. The van der Waals surface area contributed by atoms with Crippen LogP contribution in [0.2, 0.25) is 0 Å². The summed E-state index contributed by atoms with van der Waals surface area (Å²) in [6.07, 6.45) is 0.552. The fraction of sp³-hybridized carbons (Fsp3) is 0.417. The van der Waals surface area contributed by atoms with Gasteiger partial charge in [-0.05, 0) is 5.56 Å². The summed E-state index contributed by atoms with van der Waals surface area (Å²) in [7, 11) is 6.09. The molecule has 0 aliphatic carbocycles. The summed E-state index contributed by atoms with van der Waals surface area (Å²) in [5, 5.41) is 0. The van der Waals surface area contributed by atoms with Gasteiger partial charge in [-0.3, -0.25) is 4.79 Å². The van der Waals surface area contributed by atoms with Gasteiger partial charge in [0.2, 0.25) is 0 Å². The number of nitrogens with zero attached hydrogens (tertiary/aromatic N) is 1. The minimum absolute atomic E-state index is 0.295. The Balaban J connectivity index is 2.50. The average Bonchev–Trinajstić information content (AvgIpc) is 2.02. The van der Waals surface area contributed by atoms with Crippen LogP contribution in [0.1, 0.15) is 5.56 Å². The Hall–Kier alpha value is -1.15. The monoisotopic (exact) mass is 192 g/mol. The van der Waals surface area contributed by atoms with Gasteiger partial charge in [0.1, 0.15) is 6.54 Å². The van der Waals surface area contributed by atoms with Crippen LogP contribution in [0.25, 0.3) is 0 Å². The number of quaternary nitrogens is 1. The molecule has 0 atom stereocenters. The predicted octanol–water partition coefficient (Wildman–Crippen LogP) is 1.50. The minimum atomic E-state index is 0.295. The van der Waals surface area contributed by atoms with Crippen molar-refractivity contribution in [2.45, 2.75) is 6.42 Å². The molecule has 0 bridgehead atoms. The van der Waals surface area contributed by atoms with E-state index in [0.717, 1.165) is 5.56 Å². The van der Waals surface area contributed by atoms with Crippen LogP contribution in [-0.2, 0) is 11.2 Å². The van der Waals surface area contributed by atoms with E-state index in [1.54, 1.807) is 0 Å². The van der Waals surface area contributed by atoms with Crippen LogP contribution >= 0.6 is 0 Å². The lowest BCUT2D eigenvalue weighted by molar-refractivity contribution is -0.862. The molecule has 1 rings (SSSR count). The fourth-order valence-corrected chi connectivity index (χ4v) is 1.41. The van der Waals surface area contributed by atoms with E-state index in [9.17, 15) is 4.79 Å². The van der Waals surface area contributed by atoms with E-state index in [1.807, 2.05) is 51.5 Å². The van der Waals surface area contributed by atoms with E-state index < -0.39 is 0 Å². The van der Waals surface area contributed by atoms with Crippen LogP contribution < -0.4 is 0 Å². The number of hydrogen-bond acceptors (Lipinski definition) is 1. The maximum atomic E-state index is 11.6. The van der Waals surface area contributed by atoms with E-state index in [4.69, 9.17) is 0 Å². The van der Waals surface area contributed by atoms with Gasteiger partial charge in [-0.2, -0.15) is 0 Å². The van der Waals surface area contributed by atoms with Gasteiger partial charge in [-0.15, -0.1) is 0 Å². The van der Waals surface area contributed by atoms with E-state index in [1.165, 1.54) is 0 Å². The van der Waals surface area contributed by atoms with Crippen molar-refractivity contribution in [1.29, 1.82) is 0 Å². The highest BCUT2D eigenvalue weighted by molar-refractivity contribution is 5.81. The SMILES string of the molecule is C[N+](C)(C)CC(=O)Cc1ccccc1. The predicted molar refractivity (Wildman–Crippen MR) is 58.1 cm³/mol. The van der Waals surface area contributed by atoms with Crippen molar-refractivity contribution >= 4 is 5.78 Å². The van der Waals surface area contributed by atoms with Gasteiger partial charge in [-0.1, -0.05) is 30.3 Å². The van der Waals surface area contributed by atoms with Crippen molar-refractivity contribution in [3.8, 4) is 0 Å². The van der Waals surface area contributed by atoms with Gasteiger partial charge < -0.3 is 4.48 Å². The quantitative estimate of drug-likeness (QED) is 0.661. The molecule has 1 aromatic rings. The summed E-state index contributed by atoms with van der Waals surface area (Å²) in [5.41, 5.74) is 1.10. The summed E-state index contributed by atoms with van der Waals surface area (Å²) < 4.78 is 0.700. The van der Waals surface area contributed by atoms with Crippen molar-refractivity contribution in [1.82, 2.24) is 0 Å². The van der Waals surface area contributed by atoms with E-state index in [-0.39, 0.29) is 0 Å². The summed E-state index contributed by atoms with van der Waals surface area (Å²) in [4.78, 5) is 11.6. The van der Waals surface area contributed by atoms with Crippen LogP contribution in [0.3, 0.4) is 0 Å². The Morgan fingerprint density at radius 3 is 2.21 bits per heavy atom. The molecule has 0 aliphatic rings. The standard InChI is InChI=1S/C12H18NO/c1-13(2,3)10-12(14)9-11-7-5-4-6-8-11/h4-8H,9-10H2,1-3H3/q+1. The zero-order chi connectivity index (χ0) is 10.6. The summed E-state index contributed by atoms with van der Waals surface area (Å²) in [6, 6.07) is 9.89. The first-order chi connectivity index (χ1) is 6.47. The lowest BCUT2D eigenvalue weighted by Crippen LogP contribution is -2.40. The highest BCUT2D eigenvalue weighted by atomic mass is 16.1. The van der Waals surface area contributed by atoms with E-state index in [2.05, 4.69) is 0 Å². The van der Waals surface area contributed by atoms with Gasteiger partial charge >= 0.3 is 0 Å². The molecule has 0 saturated heterocycles. The number of hydrogen-bond donors (Lipinski definition) is 0. The summed E-state index contributed by atoms with van der Waals surface area (Å²) in [5.74, 6) is 0.295. The smallest absolute Gasteiger partial charge is 0.191 e. The maximum Gasteiger partial charge on any atom is 0.191 e. The molecule has 0 radical (unpaired) electrons. The Labute approximate surface area is 85.8 Å². The fourth-order valence-electron chi connectivity index (χ4n) is 1.41. The summed E-state index contributed by atoms with van der Waals surface area (Å²) in [6.45, 7) is 0.592. The highest BCUT2D eigenvalue weighted by Crippen LogP contribution is 2.01. The lowest BCUT2D eigenvalue weighted by Gasteiger charge is -2.22. The number of ketones is 1. The zero-order valence-corrected chi connectivity index (χ0v) is 9.16. The molecule has 0 heterocycles. The van der Waals surface area contributed by atoms with Crippen molar-refractivity contribution in [3.63, 3.8) is 0 Å². The van der Waals surface area contributed by atoms with Crippen LogP contribution in [0.4, 0.5) is 0 Å². The van der Waals surface area contributed by atoms with Crippen molar-refractivity contribution < 1.29 is 9.28 Å². The number of carbonyl (C=O) groups excluding carboxylic acids is 1. The van der Waals surface area contributed by atoms with Crippen LogP contribution in [0.15, 0.2) is 30.3 Å². The molecule has 0 amide bonds. The second-order valence-corrected chi connectivity index (χ2v) is 4.65. The highest BCUT2D eigenvalue weighted by Gasteiger charge is 2.14. The molecule has 0 fully saturated rings. The normalized spacial score (nSPS) is 11.4. The van der Waals surface area contributed by atoms with Crippen LogP contribution in [0.5, 0.6) is 0 Å². The first-order valence-electron chi connectivity index (χ1n) is 4.83. The Bertz CT molecular complexity index is 298. The number of Topliss-reactive ketones (excluding diaryl/α,β-unsaturated/α-hetero) is 1. The van der Waals surface area contributed by atoms with Gasteiger partial charge in [0.25, 0.3) is 0 Å². The van der Waals surface area contributed by atoms with Crippen molar-refractivity contribution in [3.05, 3.63) is 35.9 Å². The lowest BCUT2D eigenvalue weighted by atomic mass is 10.1. The molecule has 0 spiro atoms. The van der Waals surface area contributed by atoms with E-state index in [0.29, 0.717) is 23.2 Å². The topological polar surface area (TPSA) is 17.1 Å². The molecule has 0 unspecified atom stereocenters. The number of benzene rings is 1. The Morgan fingerprint density at radius 2 is 1.71 bits per heavy atom. The Kier molecular flexibility index (Phi) is 3.42. The van der Waals surface area contributed by atoms with E-state index >= 15 is 0 Å². The van der Waals surface area contributed by atoms with Crippen molar-refractivity contribution in [2.24, 2.45) is 0 Å². The molecule has 0 aromatic heterocycles. The zero-order valence-electron chi connectivity index (χ0n) is 9.16. The number of carbonyl (C=O) groups is 1. The van der Waals surface area contributed by atoms with Gasteiger partial charge in [-0.25, -0.2) is 0 Å².